The molecule has 8 heteroatoms. The van der Waals surface area contributed by atoms with Crippen LogP contribution in [0, 0.1) is 5.92 Å². The van der Waals surface area contributed by atoms with Crippen LogP contribution in [0.1, 0.15) is 17.3 Å². The van der Waals surface area contributed by atoms with E-state index in [4.69, 9.17) is 4.74 Å². The molecule has 0 spiro atoms. The SMILES string of the molecule is CCOC(=O)Nc1ccccc1C(=O)C(C(=O)OC)C(=O)OC. The highest BCUT2D eigenvalue weighted by atomic mass is 16.6. The number of anilines is 1. The van der Waals surface area contributed by atoms with Crippen LogP contribution in [0.4, 0.5) is 10.5 Å². The highest BCUT2D eigenvalue weighted by molar-refractivity contribution is 6.22. The Balaban J connectivity index is 3.17. The molecule has 0 aliphatic heterocycles. The van der Waals surface area contributed by atoms with Crippen LogP contribution in [0.3, 0.4) is 0 Å². The number of esters is 2. The first-order valence-corrected chi connectivity index (χ1v) is 6.68. The first-order valence-electron chi connectivity index (χ1n) is 6.68. The Morgan fingerprint density at radius 1 is 1.04 bits per heavy atom. The largest absolute Gasteiger partial charge is 0.468 e. The Morgan fingerprint density at radius 3 is 2.13 bits per heavy atom. The summed E-state index contributed by atoms with van der Waals surface area (Å²) in [6.07, 6.45) is -0.763. The molecule has 23 heavy (non-hydrogen) atoms. The van der Waals surface area contributed by atoms with E-state index in [9.17, 15) is 19.2 Å². The number of benzene rings is 1. The lowest BCUT2D eigenvalue weighted by molar-refractivity contribution is -0.155. The zero-order chi connectivity index (χ0) is 17.4. The van der Waals surface area contributed by atoms with Crippen LogP contribution in [0.5, 0.6) is 0 Å². The van der Waals surface area contributed by atoms with Gasteiger partial charge in [-0.3, -0.25) is 19.7 Å². The summed E-state index contributed by atoms with van der Waals surface area (Å²) in [4.78, 5) is 47.4. The van der Waals surface area contributed by atoms with Gasteiger partial charge in [0.2, 0.25) is 5.92 Å². The first-order chi connectivity index (χ1) is 11.0. The number of rotatable bonds is 6. The lowest BCUT2D eigenvalue weighted by atomic mass is 9.96. The number of hydrogen-bond acceptors (Lipinski definition) is 7. The number of hydrogen-bond donors (Lipinski definition) is 1. The van der Waals surface area contributed by atoms with Crippen molar-refractivity contribution < 1.29 is 33.4 Å². The number of ether oxygens (including phenoxy) is 3. The molecule has 8 nitrogen and oxygen atoms in total. The predicted molar refractivity (Wildman–Crippen MR) is 78.9 cm³/mol. The summed E-state index contributed by atoms with van der Waals surface area (Å²) in [5.74, 6) is -4.72. The number of amides is 1. The summed E-state index contributed by atoms with van der Waals surface area (Å²) in [6.45, 7) is 1.77. The summed E-state index contributed by atoms with van der Waals surface area (Å²) in [6, 6.07) is 5.90. The van der Waals surface area contributed by atoms with Gasteiger partial charge in [0, 0.05) is 5.56 Å². The minimum absolute atomic E-state index is 0.0404. The van der Waals surface area contributed by atoms with Crippen molar-refractivity contribution in [3.8, 4) is 0 Å². The molecule has 0 heterocycles. The monoisotopic (exact) mass is 323 g/mol. The van der Waals surface area contributed by atoms with Crippen molar-refractivity contribution in [1.29, 1.82) is 0 Å². The van der Waals surface area contributed by atoms with E-state index < -0.39 is 29.7 Å². The summed E-state index contributed by atoms with van der Waals surface area (Å²) in [5, 5.41) is 2.37. The van der Waals surface area contributed by atoms with Crippen molar-refractivity contribution in [3.05, 3.63) is 29.8 Å². The second kappa shape index (κ2) is 8.52. The van der Waals surface area contributed by atoms with Crippen LogP contribution in [-0.4, -0.2) is 44.6 Å². The van der Waals surface area contributed by atoms with Crippen LogP contribution in [-0.2, 0) is 23.8 Å². The quantitative estimate of drug-likeness (QED) is 0.365. The van der Waals surface area contributed by atoms with Crippen LogP contribution >= 0.6 is 0 Å². The number of Topliss-reactive ketones (excluding diaryl/α,β-unsaturated/α-hetero) is 1. The third-order valence-corrected chi connectivity index (χ3v) is 2.84. The molecule has 1 aromatic carbocycles. The Hall–Kier alpha value is -2.90. The number of ketones is 1. The fraction of sp³-hybridized carbons (Fsp3) is 0.333. The summed E-state index contributed by atoms with van der Waals surface area (Å²) in [7, 11) is 2.10. The Kier molecular flexibility index (Phi) is 6.72. The Morgan fingerprint density at radius 2 is 1.61 bits per heavy atom. The van der Waals surface area contributed by atoms with E-state index in [0.717, 1.165) is 14.2 Å². The number of methoxy groups -OCH3 is 2. The maximum absolute atomic E-state index is 12.5. The van der Waals surface area contributed by atoms with E-state index in [1.165, 1.54) is 18.2 Å². The van der Waals surface area contributed by atoms with Gasteiger partial charge in [-0.2, -0.15) is 0 Å². The van der Waals surface area contributed by atoms with Gasteiger partial charge in [0.25, 0.3) is 0 Å². The number of carbonyl (C=O) groups excluding carboxylic acids is 4. The van der Waals surface area contributed by atoms with Gasteiger partial charge in [0.1, 0.15) is 0 Å². The molecule has 0 saturated carbocycles. The van der Waals surface area contributed by atoms with Crippen molar-refractivity contribution in [3.63, 3.8) is 0 Å². The molecule has 1 aromatic rings. The minimum Gasteiger partial charge on any atom is -0.468 e. The van der Waals surface area contributed by atoms with Crippen LogP contribution in [0.15, 0.2) is 24.3 Å². The minimum atomic E-state index is -1.77. The second-order valence-corrected chi connectivity index (χ2v) is 4.23. The van der Waals surface area contributed by atoms with Crippen molar-refractivity contribution in [2.45, 2.75) is 6.92 Å². The topological polar surface area (TPSA) is 108 Å². The Labute approximate surface area is 132 Å². The molecule has 0 saturated heterocycles. The van der Waals surface area contributed by atoms with Gasteiger partial charge in [0.15, 0.2) is 5.78 Å². The summed E-state index contributed by atoms with van der Waals surface area (Å²) < 4.78 is 13.7. The molecule has 0 bridgehead atoms. The van der Waals surface area contributed by atoms with E-state index in [1.807, 2.05) is 0 Å². The van der Waals surface area contributed by atoms with Crippen molar-refractivity contribution in [2.75, 3.05) is 26.1 Å². The van der Waals surface area contributed by atoms with Gasteiger partial charge in [-0.05, 0) is 19.1 Å². The van der Waals surface area contributed by atoms with Crippen molar-refractivity contribution in [2.24, 2.45) is 5.92 Å². The smallest absolute Gasteiger partial charge is 0.411 e. The zero-order valence-electron chi connectivity index (χ0n) is 13.0. The molecule has 124 valence electrons. The van der Waals surface area contributed by atoms with Gasteiger partial charge in [0.05, 0.1) is 26.5 Å². The molecule has 1 rings (SSSR count). The molecule has 0 aromatic heterocycles. The standard InChI is InChI=1S/C15H17NO7/c1-4-23-15(20)16-10-8-6-5-7-9(10)12(17)11(13(18)21-2)14(19)22-3/h5-8,11H,4H2,1-3H3,(H,16,20). The van der Waals surface area contributed by atoms with E-state index in [1.54, 1.807) is 13.0 Å². The third kappa shape index (κ3) is 4.53. The van der Waals surface area contributed by atoms with Crippen molar-refractivity contribution >= 4 is 29.5 Å². The highest BCUT2D eigenvalue weighted by Crippen LogP contribution is 2.21. The molecule has 1 N–H and O–H groups in total. The normalized spacial score (nSPS) is 9.91. The Bertz CT molecular complexity index is 596. The number of carbonyl (C=O) groups is 4. The van der Waals surface area contributed by atoms with E-state index in [0.29, 0.717) is 0 Å². The second-order valence-electron chi connectivity index (χ2n) is 4.23. The molecule has 0 aliphatic rings. The molecule has 0 radical (unpaired) electrons. The van der Waals surface area contributed by atoms with Crippen LogP contribution in [0.2, 0.25) is 0 Å². The number of nitrogens with one attached hydrogen (secondary N) is 1. The van der Waals surface area contributed by atoms with Gasteiger partial charge < -0.3 is 14.2 Å². The van der Waals surface area contributed by atoms with Crippen LogP contribution in [0.25, 0.3) is 0 Å². The maximum Gasteiger partial charge on any atom is 0.411 e. The lowest BCUT2D eigenvalue weighted by Crippen LogP contribution is -2.34. The van der Waals surface area contributed by atoms with Crippen LogP contribution < -0.4 is 5.32 Å². The van der Waals surface area contributed by atoms with Gasteiger partial charge in [-0.1, -0.05) is 12.1 Å². The van der Waals surface area contributed by atoms with E-state index in [2.05, 4.69) is 14.8 Å². The summed E-state index contributed by atoms with van der Waals surface area (Å²) >= 11 is 0. The zero-order valence-corrected chi connectivity index (χ0v) is 13.0. The third-order valence-electron chi connectivity index (χ3n) is 2.84. The van der Waals surface area contributed by atoms with Crippen molar-refractivity contribution in [1.82, 2.24) is 0 Å². The van der Waals surface area contributed by atoms with Gasteiger partial charge in [-0.15, -0.1) is 0 Å². The number of para-hydroxylation sites is 1. The molecular formula is C15H17NO7. The average Bonchev–Trinajstić information content (AvgIpc) is 2.55. The fourth-order valence-electron chi connectivity index (χ4n) is 1.79. The summed E-state index contributed by atoms with van der Waals surface area (Å²) in [5.41, 5.74) is 0.0649. The molecule has 0 unspecified atom stereocenters. The molecule has 0 aliphatic carbocycles. The van der Waals surface area contributed by atoms with E-state index in [-0.39, 0.29) is 17.9 Å². The predicted octanol–water partition coefficient (Wildman–Crippen LogP) is 1.40. The van der Waals surface area contributed by atoms with E-state index >= 15 is 0 Å². The molecule has 0 fully saturated rings. The fourth-order valence-corrected chi connectivity index (χ4v) is 1.79. The molecular weight excluding hydrogens is 306 g/mol. The lowest BCUT2D eigenvalue weighted by Gasteiger charge is -2.14. The highest BCUT2D eigenvalue weighted by Gasteiger charge is 2.37. The van der Waals surface area contributed by atoms with Gasteiger partial charge >= 0.3 is 18.0 Å². The maximum atomic E-state index is 12.5. The molecule has 0 atom stereocenters. The average molecular weight is 323 g/mol. The van der Waals surface area contributed by atoms with Gasteiger partial charge in [-0.25, -0.2) is 4.79 Å². The first kappa shape index (κ1) is 18.1. The molecule has 1 amide bonds.